The molecule has 0 aliphatic heterocycles. The third-order valence-electron chi connectivity index (χ3n) is 2.87. The van der Waals surface area contributed by atoms with Crippen molar-refractivity contribution in [1.29, 1.82) is 0 Å². The number of rotatable bonds is 4. The molecular formula is C15H13ClFNO. The molecule has 0 N–H and O–H groups in total. The van der Waals surface area contributed by atoms with Crippen LogP contribution in [0, 0.1) is 5.82 Å². The zero-order chi connectivity index (χ0) is 13.8. The van der Waals surface area contributed by atoms with E-state index < -0.39 is 0 Å². The summed E-state index contributed by atoms with van der Waals surface area (Å²) in [6.45, 7) is 0.499. The number of nitrogens with zero attached hydrogens (tertiary/aromatic N) is 1. The quantitative estimate of drug-likeness (QED) is 0.789. The molecule has 0 bridgehead atoms. The second-order valence-electron chi connectivity index (χ2n) is 4.28. The Balaban J connectivity index is 2.27. The van der Waals surface area contributed by atoms with Crippen molar-refractivity contribution in [3.63, 3.8) is 0 Å². The van der Waals surface area contributed by atoms with Crippen molar-refractivity contribution < 1.29 is 9.18 Å². The molecule has 0 aromatic heterocycles. The van der Waals surface area contributed by atoms with E-state index in [0.717, 1.165) is 17.5 Å². The predicted octanol–water partition coefficient (Wildman–Crippen LogP) is 3.93. The minimum Gasteiger partial charge on any atom is -0.370 e. The molecule has 0 spiro atoms. The van der Waals surface area contributed by atoms with Gasteiger partial charge in [-0.25, -0.2) is 4.39 Å². The van der Waals surface area contributed by atoms with E-state index in [9.17, 15) is 9.18 Å². The lowest BCUT2D eigenvalue weighted by atomic mass is 10.1. The maximum Gasteiger partial charge on any atom is 0.153 e. The van der Waals surface area contributed by atoms with E-state index in [1.54, 1.807) is 18.2 Å². The van der Waals surface area contributed by atoms with E-state index in [1.165, 1.54) is 12.1 Å². The number of halogens is 2. The first-order chi connectivity index (χ1) is 9.11. The van der Waals surface area contributed by atoms with E-state index in [0.29, 0.717) is 17.1 Å². The van der Waals surface area contributed by atoms with Gasteiger partial charge in [-0.15, -0.1) is 0 Å². The molecule has 0 saturated heterocycles. The molecular weight excluding hydrogens is 265 g/mol. The Hall–Kier alpha value is -1.87. The molecule has 2 rings (SSSR count). The van der Waals surface area contributed by atoms with Crippen molar-refractivity contribution in [3.8, 4) is 0 Å². The molecule has 0 atom stereocenters. The van der Waals surface area contributed by atoms with Crippen LogP contribution in [-0.4, -0.2) is 13.3 Å². The Kier molecular flexibility index (Phi) is 4.17. The van der Waals surface area contributed by atoms with Crippen LogP contribution in [-0.2, 0) is 6.54 Å². The summed E-state index contributed by atoms with van der Waals surface area (Å²) in [5.74, 6) is -0.271. The summed E-state index contributed by atoms with van der Waals surface area (Å²) in [4.78, 5) is 13.0. The number of carbonyl (C=O) groups is 1. The van der Waals surface area contributed by atoms with E-state index >= 15 is 0 Å². The van der Waals surface area contributed by atoms with Gasteiger partial charge in [-0.3, -0.25) is 4.79 Å². The molecule has 0 heterocycles. The molecule has 98 valence electrons. The Morgan fingerprint density at radius 3 is 2.68 bits per heavy atom. The first-order valence-corrected chi connectivity index (χ1v) is 6.19. The number of hydrogen-bond donors (Lipinski definition) is 0. The van der Waals surface area contributed by atoms with E-state index in [1.807, 2.05) is 24.1 Å². The number of hydrogen-bond acceptors (Lipinski definition) is 2. The fourth-order valence-corrected chi connectivity index (χ4v) is 2.18. The van der Waals surface area contributed by atoms with Crippen molar-refractivity contribution in [1.82, 2.24) is 0 Å². The summed E-state index contributed by atoms with van der Waals surface area (Å²) in [6.07, 6.45) is 0.736. The van der Waals surface area contributed by atoms with E-state index in [-0.39, 0.29) is 5.82 Å². The molecule has 2 aromatic rings. The van der Waals surface area contributed by atoms with E-state index in [4.69, 9.17) is 11.6 Å². The average Bonchev–Trinajstić information content (AvgIpc) is 2.38. The topological polar surface area (TPSA) is 20.3 Å². The van der Waals surface area contributed by atoms with Crippen molar-refractivity contribution in [2.75, 3.05) is 11.9 Å². The smallest absolute Gasteiger partial charge is 0.153 e. The van der Waals surface area contributed by atoms with Crippen molar-refractivity contribution in [3.05, 3.63) is 64.4 Å². The predicted molar refractivity (Wildman–Crippen MR) is 75.3 cm³/mol. The summed E-state index contributed by atoms with van der Waals surface area (Å²) < 4.78 is 13.1. The summed E-state index contributed by atoms with van der Waals surface area (Å²) in [5.41, 5.74) is 2.01. The van der Waals surface area contributed by atoms with Gasteiger partial charge in [-0.2, -0.15) is 0 Å². The highest BCUT2D eigenvalue weighted by Gasteiger charge is 2.10. The molecule has 0 amide bonds. The fraction of sp³-hybridized carbons (Fsp3) is 0.133. The molecule has 2 nitrogen and oxygen atoms in total. The summed E-state index contributed by atoms with van der Waals surface area (Å²) in [6, 6.07) is 11.6. The molecule has 19 heavy (non-hydrogen) atoms. The van der Waals surface area contributed by atoms with Crippen LogP contribution in [0.15, 0.2) is 42.5 Å². The average molecular weight is 278 g/mol. The number of anilines is 1. The van der Waals surface area contributed by atoms with Crippen LogP contribution in [0.1, 0.15) is 15.9 Å². The number of carbonyl (C=O) groups excluding carboxylic acids is 1. The SMILES string of the molecule is CN(Cc1cccc(F)c1)c1cccc(Cl)c1C=O. The monoisotopic (exact) mass is 277 g/mol. The van der Waals surface area contributed by atoms with Gasteiger partial charge >= 0.3 is 0 Å². The third-order valence-corrected chi connectivity index (χ3v) is 3.20. The standard InChI is InChI=1S/C15H13ClFNO/c1-18(9-11-4-2-5-12(17)8-11)15-7-3-6-14(16)13(15)10-19/h2-8,10H,9H2,1H3. The Morgan fingerprint density at radius 1 is 1.26 bits per heavy atom. The summed E-state index contributed by atoms with van der Waals surface area (Å²) >= 11 is 5.98. The van der Waals surface area contributed by atoms with Gasteiger partial charge in [0, 0.05) is 19.3 Å². The van der Waals surface area contributed by atoms with Gasteiger partial charge in [-0.05, 0) is 29.8 Å². The first kappa shape index (κ1) is 13.6. The molecule has 0 aliphatic rings. The zero-order valence-electron chi connectivity index (χ0n) is 10.4. The summed E-state index contributed by atoms with van der Waals surface area (Å²) in [5, 5.41) is 0.415. The van der Waals surface area contributed by atoms with Crippen LogP contribution < -0.4 is 4.90 Å². The van der Waals surface area contributed by atoms with Gasteiger partial charge in [0.15, 0.2) is 6.29 Å². The number of benzene rings is 2. The molecule has 4 heteroatoms. The van der Waals surface area contributed by atoms with Gasteiger partial charge in [0.1, 0.15) is 5.82 Å². The second-order valence-corrected chi connectivity index (χ2v) is 4.68. The van der Waals surface area contributed by atoms with Gasteiger partial charge in [0.25, 0.3) is 0 Å². The highest BCUT2D eigenvalue weighted by Crippen LogP contribution is 2.26. The molecule has 2 aromatic carbocycles. The minimum atomic E-state index is -0.271. The Labute approximate surface area is 116 Å². The lowest BCUT2D eigenvalue weighted by Gasteiger charge is -2.21. The fourth-order valence-electron chi connectivity index (χ4n) is 1.97. The Morgan fingerprint density at radius 2 is 2.00 bits per heavy atom. The molecule has 0 unspecified atom stereocenters. The van der Waals surface area contributed by atoms with Crippen LogP contribution in [0.25, 0.3) is 0 Å². The Bertz CT molecular complexity index is 600. The molecule has 0 fully saturated rings. The highest BCUT2D eigenvalue weighted by molar-refractivity contribution is 6.33. The van der Waals surface area contributed by atoms with Gasteiger partial charge in [0.2, 0.25) is 0 Å². The highest BCUT2D eigenvalue weighted by atomic mass is 35.5. The third kappa shape index (κ3) is 3.12. The van der Waals surface area contributed by atoms with Gasteiger partial charge in [-0.1, -0.05) is 29.8 Å². The van der Waals surface area contributed by atoms with Crippen LogP contribution >= 0.6 is 11.6 Å². The maximum atomic E-state index is 13.1. The lowest BCUT2D eigenvalue weighted by Crippen LogP contribution is -2.18. The van der Waals surface area contributed by atoms with Crippen molar-refractivity contribution in [2.24, 2.45) is 0 Å². The second kappa shape index (κ2) is 5.85. The van der Waals surface area contributed by atoms with Gasteiger partial charge < -0.3 is 4.90 Å². The molecule has 0 radical (unpaired) electrons. The first-order valence-electron chi connectivity index (χ1n) is 5.81. The van der Waals surface area contributed by atoms with Crippen molar-refractivity contribution in [2.45, 2.75) is 6.54 Å². The van der Waals surface area contributed by atoms with Crippen molar-refractivity contribution >= 4 is 23.6 Å². The van der Waals surface area contributed by atoms with Crippen LogP contribution in [0.2, 0.25) is 5.02 Å². The lowest BCUT2D eigenvalue weighted by molar-refractivity contribution is 0.112. The van der Waals surface area contributed by atoms with Crippen LogP contribution in [0.3, 0.4) is 0 Å². The largest absolute Gasteiger partial charge is 0.370 e. The van der Waals surface area contributed by atoms with E-state index in [2.05, 4.69) is 0 Å². The van der Waals surface area contributed by atoms with Gasteiger partial charge in [0.05, 0.1) is 10.6 Å². The number of aldehydes is 1. The zero-order valence-corrected chi connectivity index (χ0v) is 11.2. The van der Waals surface area contributed by atoms with Crippen LogP contribution in [0.4, 0.5) is 10.1 Å². The molecule has 0 saturated carbocycles. The maximum absolute atomic E-state index is 13.1. The minimum absolute atomic E-state index is 0.271. The normalized spacial score (nSPS) is 10.3. The van der Waals surface area contributed by atoms with Crippen LogP contribution in [0.5, 0.6) is 0 Å². The molecule has 0 aliphatic carbocycles. The summed E-state index contributed by atoms with van der Waals surface area (Å²) in [7, 11) is 1.84.